The van der Waals surface area contributed by atoms with Crippen LogP contribution in [0.5, 0.6) is 5.75 Å². The molecule has 3 nitrogen and oxygen atoms in total. The monoisotopic (exact) mass is 192 g/mol. The SMILES string of the molecule is COc1ccc(/C(N)=C/N(C)C)cc1. The maximum absolute atomic E-state index is 5.87. The fraction of sp³-hybridized carbons (Fsp3) is 0.273. The van der Waals surface area contributed by atoms with E-state index in [-0.39, 0.29) is 0 Å². The first-order valence-electron chi connectivity index (χ1n) is 4.41. The van der Waals surface area contributed by atoms with Gasteiger partial charge in [0.15, 0.2) is 0 Å². The van der Waals surface area contributed by atoms with Crippen LogP contribution in [0.2, 0.25) is 0 Å². The van der Waals surface area contributed by atoms with Crippen molar-refractivity contribution < 1.29 is 4.74 Å². The molecule has 0 heterocycles. The molecule has 0 spiro atoms. The van der Waals surface area contributed by atoms with Crippen LogP contribution in [-0.2, 0) is 0 Å². The highest BCUT2D eigenvalue weighted by molar-refractivity contribution is 5.62. The second-order valence-electron chi connectivity index (χ2n) is 3.28. The summed E-state index contributed by atoms with van der Waals surface area (Å²) in [5.41, 5.74) is 7.61. The fourth-order valence-electron chi connectivity index (χ4n) is 1.14. The van der Waals surface area contributed by atoms with Crippen LogP contribution < -0.4 is 10.5 Å². The third-order valence-corrected chi connectivity index (χ3v) is 1.82. The van der Waals surface area contributed by atoms with Gasteiger partial charge in [-0.1, -0.05) is 0 Å². The normalized spacial score (nSPS) is 11.2. The van der Waals surface area contributed by atoms with E-state index in [4.69, 9.17) is 10.5 Å². The van der Waals surface area contributed by atoms with Gasteiger partial charge in [0.2, 0.25) is 0 Å². The zero-order valence-corrected chi connectivity index (χ0v) is 8.82. The molecule has 3 heteroatoms. The number of hydrogen-bond acceptors (Lipinski definition) is 3. The highest BCUT2D eigenvalue weighted by Gasteiger charge is 1.97. The van der Waals surface area contributed by atoms with Crippen molar-refractivity contribution in [1.29, 1.82) is 0 Å². The lowest BCUT2D eigenvalue weighted by Gasteiger charge is -2.08. The van der Waals surface area contributed by atoms with Crippen molar-refractivity contribution in [3.63, 3.8) is 0 Å². The summed E-state index contributed by atoms with van der Waals surface area (Å²) in [5.74, 6) is 0.839. The van der Waals surface area contributed by atoms with Gasteiger partial charge in [-0.05, 0) is 29.8 Å². The third-order valence-electron chi connectivity index (χ3n) is 1.82. The smallest absolute Gasteiger partial charge is 0.118 e. The molecule has 0 unspecified atom stereocenters. The van der Waals surface area contributed by atoms with Crippen LogP contribution in [0.25, 0.3) is 5.70 Å². The molecule has 1 rings (SSSR count). The standard InChI is InChI=1S/C11H16N2O/c1-13(2)8-11(12)9-4-6-10(14-3)7-5-9/h4-8H,12H2,1-3H3/b11-8-. The van der Waals surface area contributed by atoms with Crippen LogP contribution in [0.3, 0.4) is 0 Å². The molecule has 0 aliphatic carbocycles. The van der Waals surface area contributed by atoms with E-state index in [1.165, 1.54) is 0 Å². The number of methoxy groups -OCH3 is 1. The van der Waals surface area contributed by atoms with Crippen LogP contribution in [0.1, 0.15) is 5.56 Å². The summed E-state index contributed by atoms with van der Waals surface area (Å²) in [7, 11) is 5.53. The molecule has 0 radical (unpaired) electrons. The highest BCUT2D eigenvalue weighted by atomic mass is 16.5. The van der Waals surface area contributed by atoms with Crippen LogP contribution >= 0.6 is 0 Å². The molecule has 0 fully saturated rings. The molecule has 2 N–H and O–H groups in total. The second-order valence-corrected chi connectivity index (χ2v) is 3.28. The minimum atomic E-state index is 0.748. The molecule has 14 heavy (non-hydrogen) atoms. The molecule has 0 aromatic heterocycles. The Hall–Kier alpha value is -1.64. The van der Waals surface area contributed by atoms with Crippen molar-refractivity contribution in [3.05, 3.63) is 36.0 Å². The Morgan fingerprint density at radius 2 is 1.86 bits per heavy atom. The molecular weight excluding hydrogens is 176 g/mol. The van der Waals surface area contributed by atoms with Gasteiger partial charge in [-0.15, -0.1) is 0 Å². The summed E-state index contributed by atoms with van der Waals surface area (Å²) < 4.78 is 5.06. The Labute approximate surface area is 84.8 Å². The van der Waals surface area contributed by atoms with E-state index < -0.39 is 0 Å². The zero-order valence-electron chi connectivity index (χ0n) is 8.82. The topological polar surface area (TPSA) is 38.5 Å². The van der Waals surface area contributed by atoms with Gasteiger partial charge in [-0.2, -0.15) is 0 Å². The second kappa shape index (κ2) is 4.56. The van der Waals surface area contributed by atoms with E-state index in [2.05, 4.69) is 0 Å². The van der Waals surface area contributed by atoms with Crippen LogP contribution in [0, 0.1) is 0 Å². The van der Waals surface area contributed by atoms with Gasteiger partial charge in [0.25, 0.3) is 0 Å². The molecule has 0 bridgehead atoms. The summed E-state index contributed by atoms with van der Waals surface area (Å²) in [5, 5.41) is 0. The number of nitrogens with two attached hydrogens (primary N) is 1. The van der Waals surface area contributed by atoms with Gasteiger partial charge in [0, 0.05) is 20.3 Å². The molecule has 1 aromatic carbocycles. The summed E-state index contributed by atoms with van der Waals surface area (Å²) in [6.45, 7) is 0. The molecule has 1 aromatic rings. The maximum Gasteiger partial charge on any atom is 0.118 e. The first kappa shape index (κ1) is 10.4. The molecule has 0 saturated heterocycles. The van der Waals surface area contributed by atoms with E-state index in [0.717, 1.165) is 17.0 Å². The van der Waals surface area contributed by atoms with Crippen LogP contribution in [-0.4, -0.2) is 26.1 Å². The molecule has 0 amide bonds. The van der Waals surface area contributed by atoms with Crippen molar-refractivity contribution >= 4 is 5.70 Å². The Morgan fingerprint density at radius 3 is 2.29 bits per heavy atom. The Morgan fingerprint density at radius 1 is 1.29 bits per heavy atom. The highest BCUT2D eigenvalue weighted by Crippen LogP contribution is 2.15. The quantitative estimate of drug-likeness (QED) is 0.789. The summed E-state index contributed by atoms with van der Waals surface area (Å²) in [6.07, 6.45) is 1.88. The lowest BCUT2D eigenvalue weighted by molar-refractivity contribution is 0.415. The predicted octanol–water partition coefficient (Wildman–Crippen LogP) is 1.51. The summed E-state index contributed by atoms with van der Waals surface area (Å²) in [6, 6.07) is 7.67. The largest absolute Gasteiger partial charge is 0.497 e. The number of hydrogen-bond donors (Lipinski definition) is 1. The lowest BCUT2D eigenvalue weighted by atomic mass is 10.1. The minimum Gasteiger partial charge on any atom is -0.497 e. The minimum absolute atomic E-state index is 0.748. The number of benzene rings is 1. The van der Waals surface area contributed by atoms with Crippen molar-refractivity contribution in [2.75, 3.05) is 21.2 Å². The zero-order chi connectivity index (χ0) is 10.6. The molecule has 0 aliphatic heterocycles. The summed E-state index contributed by atoms with van der Waals surface area (Å²) >= 11 is 0. The van der Waals surface area contributed by atoms with Gasteiger partial charge in [0.05, 0.1) is 12.8 Å². The predicted molar refractivity (Wildman–Crippen MR) is 58.8 cm³/mol. The number of nitrogens with zero attached hydrogens (tertiary/aromatic N) is 1. The molecule has 76 valence electrons. The average Bonchev–Trinajstić information content (AvgIpc) is 2.17. The van der Waals surface area contributed by atoms with Crippen molar-refractivity contribution in [2.45, 2.75) is 0 Å². The van der Waals surface area contributed by atoms with Gasteiger partial charge < -0.3 is 15.4 Å². The molecule has 0 atom stereocenters. The van der Waals surface area contributed by atoms with Gasteiger partial charge in [0.1, 0.15) is 5.75 Å². The fourth-order valence-corrected chi connectivity index (χ4v) is 1.14. The van der Waals surface area contributed by atoms with E-state index in [9.17, 15) is 0 Å². The van der Waals surface area contributed by atoms with Gasteiger partial charge in [-0.3, -0.25) is 0 Å². The van der Waals surface area contributed by atoms with Crippen molar-refractivity contribution in [2.24, 2.45) is 5.73 Å². The van der Waals surface area contributed by atoms with Crippen LogP contribution in [0.15, 0.2) is 30.5 Å². The first-order chi connectivity index (χ1) is 6.63. The maximum atomic E-state index is 5.87. The van der Waals surface area contributed by atoms with Crippen molar-refractivity contribution in [1.82, 2.24) is 4.90 Å². The van der Waals surface area contributed by atoms with E-state index in [0.29, 0.717) is 0 Å². The van der Waals surface area contributed by atoms with Crippen molar-refractivity contribution in [3.8, 4) is 5.75 Å². The molecular formula is C11H16N2O. The van der Waals surface area contributed by atoms with Gasteiger partial charge >= 0.3 is 0 Å². The van der Waals surface area contributed by atoms with Crippen LogP contribution in [0.4, 0.5) is 0 Å². The van der Waals surface area contributed by atoms with Gasteiger partial charge in [-0.25, -0.2) is 0 Å². The van der Waals surface area contributed by atoms with E-state index in [1.54, 1.807) is 7.11 Å². The third kappa shape index (κ3) is 2.69. The Balaban J connectivity index is 2.86. The lowest BCUT2D eigenvalue weighted by Crippen LogP contribution is -2.06. The molecule has 0 saturated carbocycles. The Kier molecular flexibility index (Phi) is 3.40. The average molecular weight is 192 g/mol. The molecule has 0 aliphatic rings. The number of rotatable bonds is 3. The summed E-state index contributed by atoms with van der Waals surface area (Å²) in [4.78, 5) is 1.92. The van der Waals surface area contributed by atoms with E-state index in [1.807, 2.05) is 49.5 Å². The van der Waals surface area contributed by atoms with E-state index >= 15 is 0 Å². The Bertz CT molecular complexity index is 315. The number of ether oxygens (including phenoxy) is 1. The first-order valence-corrected chi connectivity index (χ1v) is 4.41.